The maximum atomic E-state index is 5.62. The van der Waals surface area contributed by atoms with Crippen molar-refractivity contribution in [3.8, 4) is 11.5 Å². The average molecular weight is 270 g/mol. The van der Waals surface area contributed by atoms with Gasteiger partial charge in [0.1, 0.15) is 17.0 Å². The minimum absolute atomic E-state index is 0.265. The summed E-state index contributed by atoms with van der Waals surface area (Å²) in [6.07, 6.45) is 0. The van der Waals surface area contributed by atoms with E-state index in [-0.39, 0.29) is 6.61 Å². The lowest BCUT2D eigenvalue weighted by molar-refractivity contribution is 0.267. The number of aromatic nitrogens is 1. The van der Waals surface area contributed by atoms with Gasteiger partial charge in [-0.2, -0.15) is 0 Å². The van der Waals surface area contributed by atoms with Crippen molar-refractivity contribution in [2.75, 3.05) is 12.8 Å². The summed E-state index contributed by atoms with van der Waals surface area (Å²) in [6, 6.07) is 12.7. The molecule has 2 N–H and O–H groups in total. The number of anilines is 1. The minimum atomic E-state index is 0.265. The van der Waals surface area contributed by atoms with Crippen LogP contribution in [0.4, 0.5) is 5.69 Å². The number of rotatable bonds is 4. The molecule has 0 atom stereocenters. The third-order valence-corrected chi connectivity index (χ3v) is 2.88. The van der Waals surface area contributed by atoms with Crippen LogP contribution in [0, 0.1) is 0 Å². The second kappa shape index (κ2) is 5.13. The molecule has 5 nitrogen and oxygen atoms in total. The topological polar surface area (TPSA) is 70.5 Å². The molecule has 1 aromatic heterocycles. The smallest absolute Gasteiger partial charge is 0.233 e. The molecule has 0 aliphatic heterocycles. The maximum absolute atomic E-state index is 5.62. The summed E-state index contributed by atoms with van der Waals surface area (Å²) in [4.78, 5) is 4.35. The molecule has 0 radical (unpaired) electrons. The number of methoxy groups -OCH3 is 1. The number of nitrogens with zero attached hydrogens (tertiary/aromatic N) is 1. The van der Waals surface area contributed by atoms with Crippen LogP contribution in [0.15, 0.2) is 46.9 Å². The standard InChI is InChI=1S/C15H14N2O3/c1-18-12-6-7-13-14(8-12)20-15(17-13)9-19-11-4-2-10(16)3-5-11/h2-8H,9,16H2,1H3. The van der Waals surface area contributed by atoms with E-state index in [0.717, 1.165) is 17.0 Å². The van der Waals surface area contributed by atoms with E-state index >= 15 is 0 Å². The van der Waals surface area contributed by atoms with E-state index in [1.54, 1.807) is 37.4 Å². The third-order valence-electron chi connectivity index (χ3n) is 2.88. The van der Waals surface area contributed by atoms with Crippen LogP contribution in [0.2, 0.25) is 0 Å². The summed E-state index contributed by atoms with van der Waals surface area (Å²) >= 11 is 0. The van der Waals surface area contributed by atoms with Gasteiger partial charge in [-0.15, -0.1) is 0 Å². The van der Waals surface area contributed by atoms with E-state index in [1.807, 2.05) is 12.1 Å². The molecule has 0 fully saturated rings. The summed E-state index contributed by atoms with van der Waals surface area (Å²) in [6.45, 7) is 0.265. The predicted molar refractivity (Wildman–Crippen MR) is 75.7 cm³/mol. The van der Waals surface area contributed by atoms with Gasteiger partial charge in [-0.3, -0.25) is 0 Å². The van der Waals surface area contributed by atoms with Gasteiger partial charge in [-0.05, 0) is 36.4 Å². The van der Waals surface area contributed by atoms with E-state index in [0.29, 0.717) is 17.2 Å². The Labute approximate surface area is 115 Å². The Hall–Kier alpha value is -2.69. The molecule has 0 saturated heterocycles. The van der Waals surface area contributed by atoms with Gasteiger partial charge in [-0.25, -0.2) is 4.98 Å². The first kappa shape index (κ1) is 12.3. The first-order valence-electron chi connectivity index (χ1n) is 6.16. The van der Waals surface area contributed by atoms with Gasteiger partial charge in [0.15, 0.2) is 12.2 Å². The highest BCUT2D eigenvalue weighted by Gasteiger charge is 2.07. The first-order chi connectivity index (χ1) is 9.74. The fraction of sp³-hybridized carbons (Fsp3) is 0.133. The van der Waals surface area contributed by atoms with Gasteiger partial charge in [0.2, 0.25) is 5.89 Å². The fourth-order valence-corrected chi connectivity index (χ4v) is 1.85. The molecule has 2 aromatic carbocycles. The normalized spacial score (nSPS) is 10.7. The van der Waals surface area contributed by atoms with Gasteiger partial charge >= 0.3 is 0 Å². The lowest BCUT2D eigenvalue weighted by Crippen LogP contribution is -1.95. The van der Waals surface area contributed by atoms with Gasteiger partial charge in [0.05, 0.1) is 7.11 Å². The van der Waals surface area contributed by atoms with Gasteiger partial charge in [0, 0.05) is 11.8 Å². The highest BCUT2D eigenvalue weighted by molar-refractivity contribution is 5.74. The molecular weight excluding hydrogens is 256 g/mol. The van der Waals surface area contributed by atoms with Gasteiger partial charge in [-0.1, -0.05) is 0 Å². The number of ether oxygens (including phenoxy) is 2. The molecule has 0 saturated carbocycles. The molecule has 3 aromatic rings. The molecule has 0 aliphatic carbocycles. The number of hydrogen-bond donors (Lipinski definition) is 1. The van der Waals surface area contributed by atoms with E-state index in [2.05, 4.69) is 4.98 Å². The number of nitrogen functional groups attached to an aromatic ring is 1. The number of fused-ring (bicyclic) bond motifs is 1. The lowest BCUT2D eigenvalue weighted by atomic mass is 10.3. The van der Waals surface area contributed by atoms with Crippen LogP contribution in [-0.4, -0.2) is 12.1 Å². The van der Waals surface area contributed by atoms with E-state index < -0.39 is 0 Å². The molecular formula is C15H14N2O3. The van der Waals surface area contributed by atoms with Crippen LogP contribution in [-0.2, 0) is 6.61 Å². The van der Waals surface area contributed by atoms with Crippen molar-refractivity contribution in [1.29, 1.82) is 0 Å². The molecule has 1 heterocycles. The molecule has 0 aliphatic rings. The Morgan fingerprint density at radius 2 is 1.85 bits per heavy atom. The third kappa shape index (κ3) is 2.51. The van der Waals surface area contributed by atoms with E-state index in [9.17, 15) is 0 Å². The Kier molecular flexibility index (Phi) is 3.16. The second-order valence-corrected chi connectivity index (χ2v) is 4.30. The molecule has 0 bridgehead atoms. The van der Waals surface area contributed by atoms with Crippen LogP contribution in [0.3, 0.4) is 0 Å². The number of hydrogen-bond acceptors (Lipinski definition) is 5. The minimum Gasteiger partial charge on any atom is -0.497 e. The molecule has 5 heteroatoms. The van der Waals surface area contributed by atoms with Crippen molar-refractivity contribution in [2.24, 2.45) is 0 Å². The zero-order valence-electron chi connectivity index (χ0n) is 11.0. The van der Waals surface area contributed by atoms with Crippen LogP contribution in [0.25, 0.3) is 11.1 Å². The summed E-state index contributed by atoms with van der Waals surface area (Å²) in [5, 5.41) is 0. The summed E-state index contributed by atoms with van der Waals surface area (Å²) in [5.74, 6) is 1.98. The molecule has 0 spiro atoms. The largest absolute Gasteiger partial charge is 0.497 e. The molecule has 0 amide bonds. The maximum Gasteiger partial charge on any atom is 0.233 e. The number of oxazole rings is 1. The van der Waals surface area contributed by atoms with Crippen molar-refractivity contribution in [3.63, 3.8) is 0 Å². The number of nitrogens with two attached hydrogens (primary N) is 1. The first-order valence-corrected chi connectivity index (χ1v) is 6.16. The van der Waals surface area contributed by atoms with Crippen molar-refractivity contribution in [3.05, 3.63) is 48.4 Å². The van der Waals surface area contributed by atoms with Gasteiger partial charge in [0.25, 0.3) is 0 Å². The second-order valence-electron chi connectivity index (χ2n) is 4.30. The summed E-state index contributed by atoms with van der Waals surface area (Å²) in [5.41, 5.74) is 7.77. The fourth-order valence-electron chi connectivity index (χ4n) is 1.85. The van der Waals surface area contributed by atoms with Crippen LogP contribution >= 0.6 is 0 Å². The van der Waals surface area contributed by atoms with Crippen molar-refractivity contribution in [1.82, 2.24) is 4.98 Å². The zero-order chi connectivity index (χ0) is 13.9. The van der Waals surface area contributed by atoms with Crippen LogP contribution in [0.5, 0.6) is 11.5 Å². The van der Waals surface area contributed by atoms with Crippen LogP contribution in [0.1, 0.15) is 5.89 Å². The predicted octanol–water partition coefficient (Wildman–Crippen LogP) is 3.00. The Morgan fingerprint density at radius 3 is 2.60 bits per heavy atom. The molecule has 20 heavy (non-hydrogen) atoms. The van der Waals surface area contributed by atoms with Crippen molar-refractivity contribution in [2.45, 2.75) is 6.61 Å². The molecule has 0 unspecified atom stereocenters. The van der Waals surface area contributed by atoms with E-state index in [1.165, 1.54) is 0 Å². The van der Waals surface area contributed by atoms with E-state index in [4.69, 9.17) is 19.6 Å². The SMILES string of the molecule is COc1ccc2nc(COc3ccc(N)cc3)oc2c1. The summed E-state index contributed by atoms with van der Waals surface area (Å²) < 4.78 is 16.3. The number of benzene rings is 2. The van der Waals surface area contributed by atoms with Crippen molar-refractivity contribution >= 4 is 16.8 Å². The Bertz CT molecular complexity index is 720. The highest BCUT2D eigenvalue weighted by Crippen LogP contribution is 2.22. The average Bonchev–Trinajstić information content (AvgIpc) is 2.88. The quantitative estimate of drug-likeness (QED) is 0.738. The monoisotopic (exact) mass is 270 g/mol. The molecule has 102 valence electrons. The van der Waals surface area contributed by atoms with Crippen molar-refractivity contribution < 1.29 is 13.9 Å². The van der Waals surface area contributed by atoms with Gasteiger partial charge < -0.3 is 19.6 Å². The Balaban J connectivity index is 1.75. The zero-order valence-corrected chi connectivity index (χ0v) is 11.0. The Morgan fingerprint density at radius 1 is 1.10 bits per heavy atom. The highest BCUT2D eigenvalue weighted by atomic mass is 16.5. The lowest BCUT2D eigenvalue weighted by Gasteiger charge is -2.03. The van der Waals surface area contributed by atoms with Crippen LogP contribution < -0.4 is 15.2 Å². The molecule has 3 rings (SSSR count). The summed E-state index contributed by atoms with van der Waals surface area (Å²) in [7, 11) is 1.61.